The predicted octanol–water partition coefficient (Wildman–Crippen LogP) is 1.97. The summed E-state index contributed by atoms with van der Waals surface area (Å²) < 4.78 is 11.7. The van der Waals surface area contributed by atoms with E-state index in [1.165, 1.54) is 4.90 Å². The summed E-state index contributed by atoms with van der Waals surface area (Å²) in [5.74, 6) is -0.783. The van der Waals surface area contributed by atoms with Gasteiger partial charge < -0.3 is 9.47 Å². The minimum atomic E-state index is -0.432. The maximum absolute atomic E-state index is 13.1. The standard InChI is InChI=1S/C25H31N3O6/c1-16(2-3-22(30)26-15-29)28-23(31)20-10-18-13-27(14-19(18)11-21(20)24(28)32)12-17-4-6-25(7-5-17)33-8-9-34-25/h10-11,15-17H,2-9,12-14H2,1H3,(H,26,29,30). The van der Waals surface area contributed by atoms with Crippen molar-refractivity contribution in [3.63, 3.8) is 0 Å². The van der Waals surface area contributed by atoms with Gasteiger partial charge in [0.1, 0.15) is 0 Å². The number of fused-ring (bicyclic) bond motifs is 2. The fraction of sp³-hybridized carbons (Fsp3) is 0.600. The summed E-state index contributed by atoms with van der Waals surface area (Å²) in [5.41, 5.74) is 3.11. The Bertz CT molecular complexity index is 963. The molecule has 9 heteroatoms. The smallest absolute Gasteiger partial charge is 0.261 e. The average molecular weight is 470 g/mol. The maximum atomic E-state index is 13.1. The van der Waals surface area contributed by atoms with Crippen LogP contribution in [0.4, 0.5) is 0 Å². The molecule has 4 amide bonds. The van der Waals surface area contributed by atoms with Gasteiger partial charge in [-0.15, -0.1) is 0 Å². The van der Waals surface area contributed by atoms with Crippen molar-refractivity contribution in [1.29, 1.82) is 0 Å². The van der Waals surface area contributed by atoms with Crippen LogP contribution in [-0.4, -0.2) is 65.5 Å². The SMILES string of the molecule is CC(CCC(=O)NC=O)N1C(=O)c2cc3c(cc2C1=O)CN(CC1CCC2(CC1)OCCO2)C3. The first-order valence-corrected chi connectivity index (χ1v) is 12.2. The third-order valence-corrected chi connectivity index (χ3v) is 7.67. The lowest BCUT2D eigenvalue weighted by atomic mass is 9.85. The number of nitrogens with one attached hydrogen (secondary N) is 1. The predicted molar refractivity (Wildman–Crippen MR) is 121 cm³/mol. The highest BCUT2D eigenvalue weighted by atomic mass is 16.7. The second kappa shape index (κ2) is 9.20. The molecule has 1 saturated carbocycles. The zero-order valence-corrected chi connectivity index (χ0v) is 19.5. The number of hydrogen-bond donors (Lipinski definition) is 1. The van der Waals surface area contributed by atoms with E-state index >= 15 is 0 Å². The Morgan fingerprint density at radius 2 is 1.71 bits per heavy atom. The summed E-state index contributed by atoms with van der Waals surface area (Å²) in [5, 5.41) is 2.08. The first kappa shape index (κ1) is 23.1. The Morgan fingerprint density at radius 1 is 1.12 bits per heavy atom. The zero-order valence-electron chi connectivity index (χ0n) is 19.5. The first-order chi connectivity index (χ1) is 16.4. The van der Waals surface area contributed by atoms with Gasteiger partial charge in [-0.2, -0.15) is 0 Å². The second-order valence-electron chi connectivity index (χ2n) is 9.94. The lowest BCUT2D eigenvalue weighted by molar-refractivity contribution is -0.183. The molecule has 34 heavy (non-hydrogen) atoms. The number of benzene rings is 1. The molecule has 3 aliphatic heterocycles. The Morgan fingerprint density at radius 3 is 2.26 bits per heavy atom. The van der Waals surface area contributed by atoms with Gasteiger partial charge in [-0.1, -0.05) is 0 Å². The van der Waals surface area contributed by atoms with E-state index in [-0.39, 0.29) is 24.0 Å². The van der Waals surface area contributed by atoms with E-state index in [9.17, 15) is 19.2 Å². The fourth-order valence-corrected chi connectivity index (χ4v) is 5.81. The van der Waals surface area contributed by atoms with Gasteiger partial charge in [-0.3, -0.25) is 34.3 Å². The number of ether oxygens (including phenoxy) is 2. The van der Waals surface area contributed by atoms with E-state index in [2.05, 4.69) is 10.2 Å². The molecule has 1 atom stereocenters. The number of nitrogens with zero attached hydrogens (tertiary/aromatic N) is 2. The molecule has 5 rings (SSSR count). The molecular weight excluding hydrogens is 438 g/mol. The van der Waals surface area contributed by atoms with Crippen LogP contribution < -0.4 is 5.32 Å². The monoisotopic (exact) mass is 469 g/mol. The highest BCUT2D eigenvalue weighted by Crippen LogP contribution is 2.40. The normalized spacial score (nSPS) is 22.8. The molecule has 3 heterocycles. The van der Waals surface area contributed by atoms with Crippen molar-refractivity contribution in [3.8, 4) is 0 Å². The van der Waals surface area contributed by atoms with Gasteiger partial charge in [0.15, 0.2) is 5.79 Å². The average Bonchev–Trinajstić information content (AvgIpc) is 3.50. The number of hydrogen-bond acceptors (Lipinski definition) is 7. The van der Waals surface area contributed by atoms with E-state index in [1.54, 1.807) is 6.92 Å². The van der Waals surface area contributed by atoms with Crippen LogP contribution in [0.25, 0.3) is 0 Å². The van der Waals surface area contributed by atoms with Gasteiger partial charge in [0.25, 0.3) is 11.8 Å². The molecule has 0 aromatic heterocycles. The highest BCUT2D eigenvalue weighted by Gasteiger charge is 2.42. The van der Waals surface area contributed by atoms with Gasteiger partial charge in [0.2, 0.25) is 12.3 Å². The van der Waals surface area contributed by atoms with Crippen molar-refractivity contribution < 1.29 is 28.7 Å². The molecule has 1 saturated heterocycles. The molecule has 1 spiro atoms. The highest BCUT2D eigenvalue weighted by molar-refractivity contribution is 6.21. The van der Waals surface area contributed by atoms with Crippen LogP contribution in [0, 0.1) is 5.92 Å². The zero-order chi connectivity index (χ0) is 23.9. The van der Waals surface area contributed by atoms with Crippen molar-refractivity contribution in [2.45, 2.75) is 70.4 Å². The number of carbonyl (C=O) groups excluding carboxylic acids is 4. The molecule has 1 unspecified atom stereocenters. The van der Waals surface area contributed by atoms with E-state index in [0.717, 1.165) is 56.4 Å². The molecule has 0 radical (unpaired) electrons. The third-order valence-electron chi connectivity index (χ3n) is 7.67. The summed E-state index contributed by atoms with van der Waals surface area (Å²) in [6, 6.07) is 3.33. The topological polar surface area (TPSA) is 105 Å². The summed E-state index contributed by atoms with van der Waals surface area (Å²) in [6.45, 7) is 5.69. The Kier molecular flexibility index (Phi) is 6.26. The van der Waals surface area contributed by atoms with E-state index in [4.69, 9.17) is 9.47 Å². The Labute approximate surface area is 198 Å². The summed E-state index contributed by atoms with van der Waals surface area (Å²) in [6.07, 6.45) is 4.76. The maximum Gasteiger partial charge on any atom is 0.261 e. The summed E-state index contributed by atoms with van der Waals surface area (Å²) >= 11 is 0. The van der Waals surface area contributed by atoms with Crippen molar-refractivity contribution in [2.75, 3.05) is 19.8 Å². The minimum Gasteiger partial charge on any atom is -0.348 e. The minimum absolute atomic E-state index is 0.0688. The van der Waals surface area contributed by atoms with Gasteiger partial charge in [-0.25, -0.2) is 0 Å². The molecule has 4 aliphatic rings. The lowest BCUT2D eigenvalue weighted by Crippen LogP contribution is -2.38. The third kappa shape index (κ3) is 4.28. The van der Waals surface area contributed by atoms with E-state index in [1.807, 2.05) is 12.1 Å². The Balaban J connectivity index is 1.20. The number of imide groups is 2. The lowest BCUT2D eigenvalue weighted by Gasteiger charge is -2.36. The van der Waals surface area contributed by atoms with Gasteiger partial charge in [0.05, 0.1) is 24.3 Å². The summed E-state index contributed by atoms with van der Waals surface area (Å²) in [4.78, 5) is 51.7. The van der Waals surface area contributed by atoms with Crippen LogP contribution >= 0.6 is 0 Å². The molecule has 182 valence electrons. The van der Waals surface area contributed by atoms with Crippen molar-refractivity contribution in [3.05, 3.63) is 34.4 Å². The van der Waals surface area contributed by atoms with Gasteiger partial charge in [0, 0.05) is 44.9 Å². The quantitative estimate of drug-likeness (QED) is 0.481. The number of carbonyl (C=O) groups is 4. The molecule has 0 bridgehead atoms. The van der Waals surface area contributed by atoms with Gasteiger partial charge in [-0.05, 0) is 55.4 Å². The van der Waals surface area contributed by atoms with Crippen LogP contribution in [0.2, 0.25) is 0 Å². The fourth-order valence-electron chi connectivity index (χ4n) is 5.81. The van der Waals surface area contributed by atoms with Crippen molar-refractivity contribution in [2.24, 2.45) is 5.92 Å². The molecule has 1 aliphatic carbocycles. The Hall–Kier alpha value is -2.62. The van der Waals surface area contributed by atoms with Crippen LogP contribution in [0.3, 0.4) is 0 Å². The molecule has 1 aromatic carbocycles. The first-order valence-electron chi connectivity index (χ1n) is 12.2. The number of rotatable bonds is 7. The largest absolute Gasteiger partial charge is 0.348 e. The van der Waals surface area contributed by atoms with E-state index in [0.29, 0.717) is 43.1 Å². The van der Waals surface area contributed by atoms with Crippen LogP contribution in [0.15, 0.2) is 12.1 Å². The van der Waals surface area contributed by atoms with E-state index < -0.39 is 11.9 Å². The summed E-state index contributed by atoms with van der Waals surface area (Å²) in [7, 11) is 0. The van der Waals surface area contributed by atoms with Gasteiger partial charge >= 0.3 is 0 Å². The second-order valence-corrected chi connectivity index (χ2v) is 9.94. The van der Waals surface area contributed by atoms with Crippen LogP contribution in [0.1, 0.15) is 77.3 Å². The number of amides is 4. The van der Waals surface area contributed by atoms with Crippen LogP contribution in [0.5, 0.6) is 0 Å². The van der Waals surface area contributed by atoms with Crippen LogP contribution in [-0.2, 0) is 32.2 Å². The molecular formula is C25H31N3O6. The van der Waals surface area contributed by atoms with Crippen molar-refractivity contribution in [1.82, 2.24) is 15.1 Å². The molecule has 9 nitrogen and oxygen atoms in total. The molecule has 1 N–H and O–H groups in total. The van der Waals surface area contributed by atoms with Crippen molar-refractivity contribution >= 4 is 24.1 Å². The molecule has 2 fully saturated rings. The molecule has 1 aromatic rings.